The van der Waals surface area contributed by atoms with Gasteiger partial charge in [0.2, 0.25) is 0 Å². The first-order chi connectivity index (χ1) is 8.15. The molecular formula is C11H7ClF2N2O. The zero-order valence-electron chi connectivity index (χ0n) is 8.53. The molecule has 0 aliphatic carbocycles. The molecule has 0 spiro atoms. The number of nitrogens with zero attached hydrogens (tertiary/aromatic N) is 2. The molecule has 1 aromatic carbocycles. The zero-order chi connectivity index (χ0) is 12.3. The summed E-state index contributed by atoms with van der Waals surface area (Å²) < 4.78 is 31.0. The van der Waals surface area contributed by atoms with Crippen LogP contribution < -0.4 is 4.74 Å². The first-order valence-corrected chi connectivity index (χ1v) is 5.07. The van der Waals surface area contributed by atoms with Gasteiger partial charge in [-0.25, -0.2) is 18.7 Å². The predicted octanol–water partition coefficient (Wildman–Crippen LogP) is 2.99. The molecule has 0 saturated heterocycles. The molecule has 0 N–H and O–H groups in total. The van der Waals surface area contributed by atoms with Gasteiger partial charge in [0.15, 0.2) is 5.82 Å². The topological polar surface area (TPSA) is 35.0 Å². The van der Waals surface area contributed by atoms with Crippen molar-refractivity contribution < 1.29 is 13.5 Å². The molecule has 0 unspecified atom stereocenters. The third-order valence-electron chi connectivity index (χ3n) is 1.97. The maximum absolute atomic E-state index is 13.4. The van der Waals surface area contributed by atoms with E-state index in [-0.39, 0.29) is 12.6 Å². The predicted molar refractivity (Wildman–Crippen MR) is 57.7 cm³/mol. The lowest BCUT2D eigenvalue weighted by Gasteiger charge is -2.05. The van der Waals surface area contributed by atoms with Crippen molar-refractivity contribution in [1.82, 2.24) is 9.97 Å². The van der Waals surface area contributed by atoms with Gasteiger partial charge in [-0.3, -0.25) is 0 Å². The molecule has 1 heterocycles. The summed E-state index contributed by atoms with van der Waals surface area (Å²) in [5.74, 6) is -1.03. The van der Waals surface area contributed by atoms with E-state index in [1.54, 1.807) is 6.07 Å². The van der Waals surface area contributed by atoms with Gasteiger partial charge in [-0.1, -0.05) is 17.7 Å². The summed E-state index contributed by atoms with van der Waals surface area (Å²) in [6.07, 6.45) is 1.95. The minimum atomic E-state index is -0.560. The Morgan fingerprint density at radius 1 is 1.18 bits per heavy atom. The van der Waals surface area contributed by atoms with Crippen LogP contribution in [0.2, 0.25) is 5.02 Å². The Labute approximate surface area is 101 Å². The zero-order valence-corrected chi connectivity index (χ0v) is 9.29. The van der Waals surface area contributed by atoms with E-state index in [0.717, 1.165) is 12.4 Å². The molecule has 0 fully saturated rings. The van der Waals surface area contributed by atoms with E-state index >= 15 is 0 Å². The van der Waals surface area contributed by atoms with Crippen molar-refractivity contribution in [3.63, 3.8) is 0 Å². The smallest absolute Gasteiger partial charge is 0.316 e. The highest BCUT2D eigenvalue weighted by Crippen LogP contribution is 2.15. The van der Waals surface area contributed by atoms with Gasteiger partial charge in [-0.2, -0.15) is 0 Å². The Balaban J connectivity index is 2.04. The highest BCUT2D eigenvalue weighted by Gasteiger charge is 2.05. The molecule has 0 bridgehead atoms. The lowest BCUT2D eigenvalue weighted by molar-refractivity contribution is 0.274. The van der Waals surface area contributed by atoms with Gasteiger partial charge in [-0.05, 0) is 12.1 Å². The third-order valence-corrected chi connectivity index (χ3v) is 2.20. The van der Waals surface area contributed by atoms with E-state index in [1.165, 1.54) is 12.1 Å². The number of rotatable bonds is 3. The summed E-state index contributed by atoms with van der Waals surface area (Å²) in [6, 6.07) is 4.22. The summed E-state index contributed by atoms with van der Waals surface area (Å²) in [7, 11) is 0. The molecule has 6 heteroatoms. The number of hydrogen-bond donors (Lipinski definition) is 0. The average molecular weight is 257 g/mol. The van der Waals surface area contributed by atoms with Crippen LogP contribution in [-0.2, 0) is 6.61 Å². The number of benzene rings is 1. The van der Waals surface area contributed by atoms with E-state index in [1.807, 2.05) is 0 Å². The minimum Gasteiger partial charge on any atom is -0.458 e. The molecule has 0 radical (unpaired) electrons. The van der Waals surface area contributed by atoms with Gasteiger partial charge >= 0.3 is 6.01 Å². The number of halogens is 3. The highest BCUT2D eigenvalue weighted by atomic mass is 35.5. The van der Waals surface area contributed by atoms with Crippen LogP contribution in [0.25, 0.3) is 0 Å². The molecule has 0 aliphatic heterocycles. The molecule has 88 valence electrons. The van der Waals surface area contributed by atoms with Crippen LogP contribution in [-0.4, -0.2) is 9.97 Å². The lowest BCUT2D eigenvalue weighted by atomic mass is 10.2. The Morgan fingerprint density at radius 3 is 2.53 bits per heavy atom. The SMILES string of the molecule is Fc1cnc(OCc2ccc(Cl)cc2F)nc1. The van der Waals surface area contributed by atoms with Gasteiger partial charge in [-0.15, -0.1) is 0 Å². The minimum absolute atomic E-state index is 0.0132. The first-order valence-electron chi connectivity index (χ1n) is 4.69. The van der Waals surface area contributed by atoms with Gasteiger partial charge in [0.25, 0.3) is 0 Å². The summed E-state index contributed by atoms with van der Waals surface area (Å²) in [6.45, 7) is -0.0470. The second kappa shape index (κ2) is 5.05. The molecule has 0 atom stereocenters. The molecule has 3 nitrogen and oxygen atoms in total. The summed E-state index contributed by atoms with van der Waals surface area (Å²) >= 11 is 5.60. The van der Waals surface area contributed by atoms with Crippen LogP contribution in [0.15, 0.2) is 30.6 Å². The van der Waals surface area contributed by atoms with Crippen LogP contribution >= 0.6 is 11.6 Å². The Hall–Kier alpha value is -1.75. The number of hydrogen-bond acceptors (Lipinski definition) is 3. The van der Waals surface area contributed by atoms with Crippen molar-refractivity contribution in [2.45, 2.75) is 6.61 Å². The number of ether oxygens (including phenoxy) is 1. The van der Waals surface area contributed by atoms with Crippen LogP contribution in [0.1, 0.15) is 5.56 Å². The maximum atomic E-state index is 13.4. The van der Waals surface area contributed by atoms with E-state index < -0.39 is 11.6 Å². The van der Waals surface area contributed by atoms with Gasteiger partial charge in [0.1, 0.15) is 12.4 Å². The Kier molecular flexibility index (Phi) is 3.49. The van der Waals surface area contributed by atoms with Crippen molar-refractivity contribution >= 4 is 11.6 Å². The Bertz CT molecular complexity index is 519. The van der Waals surface area contributed by atoms with Gasteiger partial charge < -0.3 is 4.74 Å². The van der Waals surface area contributed by atoms with Crippen molar-refractivity contribution in [2.75, 3.05) is 0 Å². The molecule has 0 saturated carbocycles. The lowest BCUT2D eigenvalue weighted by Crippen LogP contribution is -2.01. The fourth-order valence-corrected chi connectivity index (χ4v) is 1.31. The second-order valence-electron chi connectivity index (χ2n) is 3.21. The van der Waals surface area contributed by atoms with Gasteiger partial charge in [0, 0.05) is 10.6 Å². The fraction of sp³-hybridized carbons (Fsp3) is 0.0909. The molecule has 17 heavy (non-hydrogen) atoms. The van der Waals surface area contributed by atoms with Crippen LogP contribution in [0.3, 0.4) is 0 Å². The molecule has 2 rings (SSSR count). The van der Waals surface area contributed by atoms with Crippen molar-refractivity contribution in [3.8, 4) is 6.01 Å². The summed E-state index contributed by atoms with van der Waals surface area (Å²) in [5, 5.41) is 0.310. The monoisotopic (exact) mass is 256 g/mol. The van der Waals surface area contributed by atoms with E-state index in [4.69, 9.17) is 16.3 Å². The number of aromatic nitrogens is 2. The molecular weight excluding hydrogens is 250 g/mol. The van der Waals surface area contributed by atoms with Crippen LogP contribution in [0.5, 0.6) is 6.01 Å². The second-order valence-corrected chi connectivity index (χ2v) is 3.64. The Morgan fingerprint density at radius 2 is 1.88 bits per heavy atom. The fourth-order valence-electron chi connectivity index (χ4n) is 1.16. The largest absolute Gasteiger partial charge is 0.458 e. The van der Waals surface area contributed by atoms with Crippen molar-refractivity contribution in [3.05, 3.63) is 52.8 Å². The molecule has 0 amide bonds. The first kappa shape index (κ1) is 11.7. The van der Waals surface area contributed by atoms with Gasteiger partial charge in [0.05, 0.1) is 12.4 Å². The maximum Gasteiger partial charge on any atom is 0.316 e. The third kappa shape index (κ3) is 3.10. The standard InChI is InChI=1S/C11H7ClF2N2O/c12-8-2-1-7(10(14)3-8)6-17-11-15-4-9(13)5-16-11/h1-5H,6H2. The molecule has 0 aliphatic rings. The quantitative estimate of drug-likeness (QED) is 0.847. The summed E-state index contributed by atoms with van der Waals surface area (Å²) in [4.78, 5) is 7.17. The van der Waals surface area contributed by atoms with E-state index in [2.05, 4.69) is 9.97 Å². The van der Waals surface area contributed by atoms with E-state index in [9.17, 15) is 8.78 Å². The average Bonchev–Trinajstić information content (AvgIpc) is 2.30. The van der Waals surface area contributed by atoms with E-state index in [0.29, 0.717) is 10.6 Å². The molecule has 1 aromatic heterocycles. The van der Waals surface area contributed by atoms with Crippen molar-refractivity contribution in [1.29, 1.82) is 0 Å². The molecule has 2 aromatic rings. The van der Waals surface area contributed by atoms with Crippen LogP contribution in [0.4, 0.5) is 8.78 Å². The highest BCUT2D eigenvalue weighted by molar-refractivity contribution is 6.30. The van der Waals surface area contributed by atoms with Crippen LogP contribution in [0, 0.1) is 11.6 Å². The normalized spacial score (nSPS) is 10.3. The summed E-state index contributed by atoms with van der Waals surface area (Å²) in [5.41, 5.74) is 0.322. The van der Waals surface area contributed by atoms with Crippen molar-refractivity contribution in [2.24, 2.45) is 0 Å².